The number of hydrogen-bond acceptors (Lipinski definition) is 2. The Hall–Kier alpha value is -0.710. The van der Waals surface area contributed by atoms with Gasteiger partial charge in [-0.2, -0.15) is 0 Å². The molecule has 1 aliphatic heterocycles. The molecule has 0 aromatic carbocycles. The molecule has 0 aromatic rings. The van der Waals surface area contributed by atoms with Crippen LogP contribution in [0.2, 0.25) is 0 Å². The van der Waals surface area contributed by atoms with Crippen LogP contribution in [0.15, 0.2) is 0 Å². The summed E-state index contributed by atoms with van der Waals surface area (Å²) in [6, 6.07) is 0. The fraction of sp³-hybridized carbons (Fsp3) is 0.929. The molecule has 1 amide bonds. The first-order valence-corrected chi connectivity index (χ1v) is 7.34. The highest BCUT2D eigenvalue weighted by Crippen LogP contribution is 2.36. The van der Waals surface area contributed by atoms with Crippen molar-refractivity contribution in [1.82, 2.24) is 10.6 Å². The predicted molar refractivity (Wildman–Crippen MR) is 70.1 cm³/mol. The Morgan fingerprint density at radius 3 is 2.63 bits per heavy atom. The Bertz CT molecular complexity index is 313. The molecule has 1 heterocycles. The summed E-state index contributed by atoms with van der Waals surface area (Å²) in [5.74, 6) is -1.74. The van der Waals surface area contributed by atoms with Crippen LogP contribution in [0.3, 0.4) is 0 Å². The third kappa shape index (κ3) is 4.13. The van der Waals surface area contributed by atoms with Gasteiger partial charge >= 0.3 is 0 Å². The summed E-state index contributed by atoms with van der Waals surface area (Å²) in [6.07, 6.45) is 1.48. The van der Waals surface area contributed by atoms with Gasteiger partial charge < -0.3 is 10.6 Å². The summed E-state index contributed by atoms with van der Waals surface area (Å²) in [6.45, 7) is 4.85. The molecule has 2 unspecified atom stereocenters. The van der Waals surface area contributed by atoms with Crippen molar-refractivity contribution in [2.24, 2.45) is 17.8 Å². The third-order valence-corrected chi connectivity index (χ3v) is 4.61. The summed E-state index contributed by atoms with van der Waals surface area (Å²) in [4.78, 5) is 12.0. The molecular formula is C14H24F2N2O. The highest BCUT2D eigenvalue weighted by Gasteiger charge is 2.37. The number of nitrogens with one attached hydrogen (secondary N) is 2. The summed E-state index contributed by atoms with van der Waals surface area (Å²) in [7, 11) is 0. The second-order valence-corrected chi connectivity index (χ2v) is 6.11. The molecule has 2 fully saturated rings. The second-order valence-electron chi connectivity index (χ2n) is 6.11. The van der Waals surface area contributed by atoms with Gasteiger partial charge in [0.2, 0.25) is 11.8 Å². The molecule has 1 saturated heterocycles. The molecule has 2 atom stereocenters. The predicted octanol–water partition coefficient (Wildman–Crippen LogP) is 2.17. The third-order valence-electron chi connectivity index (χ3n) is 4.61. The van der Waals surface area contributed by atoms with Gasteiger partial charge in [-0.05, 0) is 44.2 Å². The van der Waals surface area contributed by atoms with E-state index in [0.29, 0.717) is 31.2 Å². The van der Waals surface area contributed by atoms with Crippen LogP contribution in [0.4, 0.5) is 8.78 Å². The minimum absolute atomic E-state index is 0.0340. The smallest absolute Gasteiger partial charge is 0.248 e. The lowest BCUT2D eigenvalue weighted by Crippen LogP contribution is -2.44. The zero-order chi connectivity index (χ0) is 13.9. The largest absolute Gasteiger partial charge is 0.356 e. The Kier molecular flexibility index (Phi) is 4.76. The van der Waals surface area contributed by atoms with Crippen molar-refractivity contribution in [2.75, 3.05) is 19.6 Å². The van der Waals surface area contributed by atoms with Crippen molar-refractivity contribution < 1.29 is 13.6 Å². The number of piperidine rings is 1. The summed E-state index contributed by atoms with van der Waals surface area (Å²) < 4.78 is 26.1. The molecule has 2 rings (SSSR count). The molecule has 110 valence electrons. The van der Waals surface area contributed by atoms with Gasteiger partial charge in [0.1, 0.15) is 0 Å². The van der Waals surface area contributed by atoms with Gasteiger partial charge in [0.25, 0.3) is 0 Å². The number of carbonyl (C=O) groups excluding carboxylic acids is 1. The standard InChI is InChI=1S/C14H24F2N2O/c1-10-4-7-17-8-12(10)9-18-13(19)11-2-5-14(15,16)6-3-11/h10-12,17H,2-9H2,1H3,(H,18,19). The molecule has 5 heteroatoms. The second kappa shape index (κ2) is 6.16. The fourth-order valence-electron chi connectivity index (χ4n) is 3.01. The van der Waals surface area contributed by atoms with Crippen molar-refractivity contribution in [1.29, 1.82) is 0 Å². The maximum Gasteiger partial charge on any atom is 0.248 e. The van der Waals surface area contributed by atoms with E-state index in [-0.39, 0.29) is 24.7 Å². The number of halogens is 2. The van der Waals surface area contributed by atoms with E-state index in [1.54, 1.807) is 0 Å². The molecule has 0 bridgehead atoms. The van der Waals surface area contributed by atoms with Gasteiger partial charge in [-0.3, -0.25) is 4.79 Å². The molecule has 2 aliphatic rings. The van der Waals surface area contributed by atoms with E-state index in [9.17, 15) is 13.6 Å². The monoisotopic (exact) mass is 274 g/mol. The number of hydrogen-bond donors (Lipinski definition) is 2. The first kappa shape index (κ1) is 14.7. The minimum atomic E-state index is -2.56. The van der Waals surface area contributed by atoms with Crippen LogP contribution >= 0.6 is 0 Å². The summed E-state index contributed by atoms with van der Waals surface area (Å²) in [5, 5.41) is 6.28. The first-order chi connectivity index (χ1) is 8.98. The Morgan fingerprint density at radius 1 is 1.32 bits per heavy atom. The first-order valence-electron chi connectivity index (χ1n) is 7.34. The van der Waals surface area contributed by atoms with Gasteiger partial charge in [0.15, 0.2) is 0 Å². The fourth-order valence-corrected chi connectivity index (χ4v) is 3.01. The van der Waals surface area contributed by atoms with Crippen LogP contribution in [0, 0.1) is 17.8 Å². The zero-order valence-electron chi connectivity index (χ0n) is 11.6. The average Bonchev–Trinajstić information content (AvgIpc) is 2.37. The van der Waals surface area contributed by atoms with E-state index in [2.05, 4.69) is 17.6 Å². The minimum Gasteiger partial charge on any atom is -0.356 e. The molecular weight excluding hydrogens is 250 g/mol. The number of carbonyl (C=O) groups is 1. The van der Waals surface area contributed by atoms with Crippen molar-refractivity contribution in [3.8, 4) is 0 Å². The van der Waals surface area contributed by atoms with Gasteiger partial charge in [-0.25, -0.2) is 8.78 Å². The molecule has 19 heavy (non-hydrogen) atoms. The lowest BCUT2D eigenvalue weighted by Gasteiger charge is -2.31. The maximum absolute atomic E-state index is 13.0. The summed E-state index contributed by atoms with van der Waals surface area (Å²) in [5.41, 5.74) is 0. The van der Waals surface area contributed by atoms with Crippen LogP contribution in [-0.2, 0) is 4.79 Å². The molecule has 0 spiro atoms. The highest BCUT2D eigenvalue weighted by atomic mass is 19.3. The number of alkyl halides is 2. The zero-order valence-corrected chi connectivity index (χ0v) is 11.6. The van der Waals surface area contributed by atoms with E-state index >= 15 is 0 Å². The van der Waals surface area contributed by atoms with Gasteiger partial charge in [-0.1, -0.05) is 6.92 Å². The Morgan fingerprint density at radius 2 is 2.00 bits per heavy atom. The van der Waals surface area contributed by atoms with E-state index in [4.69, 9.17) is 0 Å². The average molecular weight is 274 g/mol. The van der Waals surface area contributed by atoms with Gasteiger partial charge in [-0.15, -0.1) is 0 Å². The van der Waals surface area contributed by atoms with E-state index in [1.165, 1.54) is 0 Å². The number of rotatable bonds is 3. The van der Waals surface area contributed by atoms with Crippen LogP contribution < -0.4 is 10.6 Å². The number of amides is 1. The molecule has 1 aliphatic carbocycles. The van der Waals surface area contributed by atoms with Crippen LogP contribution in [0.1, 0.15) is 39.0 Å². The topological polar surface area (TPSA) is 41.1 Å². The molecule has 1 saturated carbocycles. The molecule has 2 N–H and O–H groups in total. The highest BCUT2D eigenvalue weighted by molar-refractivity contribution is 5.78. The normalized spacial score (nSPS) is 31.9. The van der Waals surface area contributed by atoms with E-state index in [1.807, 2.05) is 0 Å². The van der Waals surface area contributed by atoms with E-state index in [0.717, 1.165) is 19.5 Å². The lowest BCUT2D eigenvalue weighted by atomic mass is 9.85. The van der Waals surface area contributed by atoms with Gasteiger partial charge in [0, 0.05) is 25.3 Å². The van der Waals surface area contributed by atoms with Crippen LogP contribution in [0.5, 0.6) is 0 Å². The molecule has 0 aromatic heterocycles. The lowest BCUT2D eigenvalue weighted by molar-refractivity contribution is -0.129. The van der Waals surface area contributed by atoms with Crippen molar-refractivity contribution in [2.45, 2.75) is 45.0 Å². The maximum atomic E-state index is 13.0. The van der Waals surface area contributed by atoms with E-state index < -0.39 is 5.92 Å². The molecule has 0 radical (unpaired) electrons. The molecule has 3 nitrogen and oxygen atoms in total. The van der Waals surface area contributed by atoms with Crippen molar-refractivity contribution >= 4 is 5.91 Å². The SMILES string of the molecule is CC1CCNCC1CNC(=O)C1CCC(F)(F)CC1. The Labute approximate surface area is 113 Å². The van der Waals surface area contributed by atoms with Crippen molar-refractivity contribution in [3.05, 3.63) is 0 Å². The van der Waals surface area contributed by atoms with Crippen LogP contribution in [0.25, 0.3) is 0 Å². The quantitative estimate of drug-likeness (QED) is 0.828. The summed E-state index contributed by atoms with van der Waals surface area (Å²) >= 11 is 0. The van der Waals surface area contributed by atoms with Crippen molar-refractivity contribution in [3.63, 3.8) is 0 Å². The Balaban J connectivity index is 1.72. The van der Waals surface area contributed by atoms with Crippen LogP contribution in [-0.4, -0.2) is 31.5 Å². The van der Waals surface area contributed by atoms with Gasteiger partial charge in [0.05, 0.1) is 0 Å².